The number of aliphatic carboxylic acids is 1. The number of hydrogen-bond donors (Lipinski definition) is 1. The van der Waals surface area contributed by atoms with E-state index in [4.69, 9.17) is 9.47 Å². The number of carbonyl (C=O) groups is 2. The maximum atomic E-state index is 12.7. The maximum absolute atomic E-state index is 12.7. The highest BCUT2D eigenvalue weighted by atomic mass is 32.1. The Kier molecular flexibility index (Phi) is 5.76. The SMILES string of the molecule is CCC(C(=O)O)N1C(=O)C(C)Oc2ccc(-c3csc(CCOC)n3)cc21. The molecular formula is C19H22N2O5S. The molecule has 0 aliphatic carbocycles. The predicted octanol–water partition coefficient (Wildman–Crippen LogP) is 2.98. The summed E-state index contributed by atoms with van der Waals surface area (Å²) in [5.74, 6) is -0.889. The average Bonchev–Trinajstić information content (AvgIpc) is 3.12. The maximum Gasteiger partial charge on any atom is 0.326 e. The molecule has 8 heteroatoms. The van der Waals surface area contributed by atoms with Crippen LogP contribution >= 0.6 is 11.3 Å². The number of ether oxygens (including phenoxy) is 2. The lowest BCUT2D eigenvalue weighted by molar-refractivity contribution is -0.141. The van der Waals surface area contributed by atoms with E-state index >= 15 is 0 Å². The Bertz CT molecular complexity index is 850. The van der Waals surface area contributed by atoms with Crippen molar-refractivity contribution in [2.75, 3.05) is 18.6 Å². The molecule has 1 aliphatic rings. The molecule has 1 aromatic carbocycles. The van der Waals surface area contributed by atoms with Gasteiger partial charge in [0.1, 0.15) is 11.8 Å². The first-order chi connectivity index (χ1) is 13.0. The van der Waals surface area contributed by atoms with Crippen LogP contribution in [0.25, 0.3) is 11.3 Å². The average molecular weight is 390 g/mol. The summed E-state index contributed by atoms with van der Waals surface area (Å²) in [5.41, 5.74) is 2.06. The largest absolute Gasteiger partial charge is 0.480 e. The monoisotopic (exact) mass is 390 g/mol. The molecular weight excluding hydrogens is 368 g/mol. The van der Waals surface area contributed by atoms with Gasteiger partial charge in [-0.15, -0.1) is 11.3 Å². The second-order valence-electron chi connectivity index (χ2n) is 6.28. The fourth-order valence-corrected chi connectivity index (χ4v) is 3.85. The van der Waals surface area contributed by atoms with Crippen molar-refractivity contribution in [1.82, 2.24) is 4.98 Å². The Morgan fingerprint density at radius 2 is 2.26 bits per heavy atom. The first-order valence-electron chi connectivity index (χ1n) is 8.76. The molecule has 2 atom stereocenters. The van der Waals surface area contributed by atoms with Crippen LogP contribution in [0.4, 0.5) is 5.69 Å². The van der Waals surface area contributed by atoms with Crippen molar-refractivity contribution >= 4 is 28.9 Å². The zero-order chi connectivity index (χ0) is 19.6. The highest BCUT2D eigenvalue weighted by Gasteiger charge is 2.38. The Morgan fingerprint density at radius 3 is 2.93 bits per heavy atom. The van der Waals surface area contributed by atoms with Crippen molar-refractivity contribution in [2.24, 2.45) is 0 Å². The molecule has 0 saturated heterocycles. The number of anilines is 1. The molecule has 0 saturated carbocycles. The standard InChI is InChI=1S/C19H22N2O5S/c1-4-14(19(23)24)21-15-9-12(5-6-16(15)26-11(2)18(21)22)13-10-27-17(20-13)7-8-25-3/h5-6,9-11,14H,4,7-8H2,1-3H3,(H,23,24). The minimum absolute atomic E-state index is 0.301. The zero-order valence-electron chi connectivity index (χ0n) is 15.5. The van der Waals surface area contributed by atoms with E-state index in [0.29, 0.717) is 24.5 Å². The molecule has 1 N–H and O–H groups in total. The van der Waals surface area contributed by atoms with Gasteiger partial charge in [0.2, 0.25) is 0 Å². The highest BCUT2D eigenvalue weighted by Crippen LogP contribution is 2.39. The third kappa shape index (κ3) is 3.81. The molecule has 1 amide bonds. The summed E-state index contributed by atoms with van der Waals surface area (Å²) in [4.78, 5) is 30.3. The molecule has 144 valence electrons. The molecule has 7 nitrogen and oxygen atoms in total. The van der Waals surface area contributed by atoms with Crippen molar-refractivity contribution in [3.8, 4) is 17.0 Å². The van der Waals surface area contributed by atoms with Crippen LogP contribution in [0.1, 0.15) is 25.3 Å². The minimum atomic E-state index is -1.04. The van der Waals surface area contributed by atoms with Crippen molar-refractivity contribution in [3.05, 3.63) is 28.6 Å². The van der Waals surface area contributed by atoms with Crippen LogP contribution < -0.4 is 9.64 Å². The molecule has 3 rings (SSSR count). The van der Waals surface area contributed by atoms with Crippen LogP contribution in [0.5, 0.6) is 5.75 Å². The number of carbonyl (C=O) groups excluding carboxylic acids is 1. The quantitative estimate of drug-likeness (QED) is 0.782. The first-order valence-corrected chi connectivity index (χ1v) is 9.64. The second-order valence-corrected chi connectivity index (χ2v) is 7.23. The van der Waals surface area contributed by atoms with Gasteiger partial charge in [0.05, 0.1) is 23.0 Å². The van der Waals surface area contributed by atoms with E-state index in [0.717, 1.165) is 22.7 Å². The molecule has 2 aromatic rings. The van der Waals surface area contributed by atoms with E-state index in [9.17, 15) is 14.7 Å². The van der Waals surface area contributed by atoms with Crippen LogP contribution in [0, 0.1) is 0 Å². The minimum Gasteiger partial charge on any atom is -0.480 e. The van der Waals surface area contributed by atoms with Gasteiger partial charge in [-0.25, -0.2) is 9.78 Å². The molecule has 2 heterocycles. The van der Waals surface area contributed by atoms with Gasteiger partial charge in [-0.1, -0.05) is 6.92 Å². The summed E-state index contributed by atoms with van der Waals surface area (Å²) in [7, 11) is 1.65. The van der Waals surface area contributed by atoms with Crippen LogP contribution in [0.2, 0.25) is 0 Å². The zero-order valence-corrected chi connectivity index (χ0v) is 16.3. The van der Waals surface area contributed by atoms with Crippen LogP contribution in [-0.4, -0.2) is 47.8 Å². The topological polar surface area (TPSA) is 89.0 Å². The number of rotatable bonds is 7. The lowest BCUT2D eigenvalue weighted by Gasteiger charge is -2.36. The Morgan fingerprint density at radius 1 is 1.48 bits per heavy atom. The molecule has 2 unspecified atom stereocenters. The summed E-state index contributed by atoms with van der Waals surface area (Å²) in [6.45, 7) is 3.98. The summed E-state index contributed by atoms with van der Waals surface area (Å²) in [6.07, 6.45) is 0.306. The van der Waals surface area contributed by atoms with Gasteiger partial charge in [-0.2, -0.15) is 0 Å². The third-order valence-electron chi connectivity index (χ3n) is 4.46. The first kappa shape index (κ1) is 19.3. The fourth-order valence-electron chi connectivity index (χ4n) is 3.06. The van der Waals surface area contributed by atoms with Crippen LogP contribution in [0.15, 0.2) is 23.6 Å². The molecule has 1 aliphatic heterocycles. The summed E-state index contributed by atoms with van der Waals surface area (Å²) in [5, 5.41) is 12.5. The van der Waals surface area contributed by atoms with Gasteiger partial charge in [-0.3, -0.25) is 9.69 Å². The predicted molar refractivity (Wildman–Crippen MR) is 102 cm³/mol. The summed E-state index contributed by atoms with van der Waals surface area (Å²) < 4.78 is 10.8. The number of aromatic nitrogens is 1. The van der Waals surface area contributed by atoms with E-state index in [1.54, 1.807) is 44.4 Å². The van der Waals surface area contributed by atoms with Crippen LogP contribution in [0.3, 0.4) is 0 Å². The number of nitrogens with zero attached hydrogens (tertiary/aromatic N) is 2. The molecule has 0 bridgehead atoms. The molecule has 0 spiro atoms. The normalized spacial score (nSPS) is 17.4. The van der Waals surface area contributed by atoms with E-state index in [2.05, 4.69) is 4.98 Å². The van der Waals surface area contributed by atoms with Crippen molar-refractivity contribution in [3.63, 3.8) is 0 Å². The highest BCUT2D eigenvalue weighted by molar-refractivity contribution is 7.09. The summed E-state index contributed by atoms with van der Waals surface area (Å²) >= 11 is 1.54. The number of carboxylic acid groups (broad SMARTS) is 1. The lowest BCUT2D eigenvalue weighted by Crippen LogP contribution is -2.52. The third-order valence-corrected chi connectivity index (χ3v) is 5.37. The lowest BCUT2D eigenvalue weighted by atomic mass is 10.0. The number of fused-ring (bicyclic) bond motifs is 1. The molecule has 27 heavy (non-hydrogen) atoms. The fraction of sp³-hybridized carbons (Fsp3) is 0.421. The van der Waals surface area contributed by atoms with Gasteiger partial charge in [-0.05, 0) is 31.5 Å². The van der Waals surface area contributed by atoms with E-state index < -0.39 is 18.1 Å². The van der Waals surface area contributed by atoms with E-state index in [1.165, 1.54) is 4.90 Å². The van der Waals surface area contributed by atoms with Crippen molar-refractivity contribution in [1.29, 1.82) is 0 Å². The van der Waals surface area contributed by atoms with Gasteiger partial charge in [0, 0.05) is 24.5 Å². The van der Waals surface area contributed by atoms with E-state index in [-0.39, 0.29) is 5.91 Å². The van der Waals surface area contributed by atoms with Crippen molar-refractivity contribution in [2.45, 2.75) is 38.8 Å². The van der Waals surface area contributed by atoms with Gasteiger partial charge in [0.15, 0.2) is 6.10 Å². The molecule has 1 aromatic heterocycles. The molecule has 0 radical (unpaired) electrons. The Balaban J connectivity index is 2.00. The second kappa shape index (κ2) is 8.06. The Hall–Kier alpha value is -2.45. The van der Waals surface area contributed by atoms with Gasteiger partial charge in [0.25, 0.3) is 5.91 Å². The van der Waals surface area contributed by atoms with Crippen molar-refractivity contribution < 1.29 is 24.2 Å². The number of amides is 1. The number of thiazole rings is 1. The summed E-state index contributed by atoms with van der Waals surface area (Å²) in [6, 6.07) is 4.48. The number of carboxylic acids is 1. The van der Waals surface area contributed by atoms with Crippen LogP contribution in [-0.2, 0) is 20.7 Å². The van der Waals surface area contributed by atoms with Gasteiger partial charge >= 0.3 is 5.97 Å². The number of hydrogen-bond acceptors (Lipinski definition) is 6. The van der Waals surface area contributed by atoms with E-state index in [1.807, 2.05) is 11.4 Å². The number of methoxy groups -OCH3 is 1. The number of benzene rings is 1. The Labute approximate surface area is 161 Å². The smallest absolute Gasteiger partial charge is 0.326 e. The van der Waals surface area contributed by atoms with Gasteiger partial charge < -0.3 is 14.6 Å². The molecule has 0 fully saturated rings.